The van der Waals surface area contributed by atoms with E-state index in [1.165, 1.54) is 11.1 Å². The quantitative estimate of drug-likeness (QED) is 0.517. The second kappa shape index (κ2) is 4.91. The van der Waals surface area contributed by atoms with Gasteiger partial charge in [0.15, 0.2) is 0 Å². The van der Waals surface area contributed by atoms with Gasteiger partial charge in [0.2, 0.25) is 0 Å². The van der Waals surface area contributed by atoms with E-state index in [1.54, 1.807) is 0 Å². The molecule has 2 aromatic carbocycles. The van der Waals surface area contributed by atoms with Gasteiger partial charge in [-0.15, -0.1) is 0 Å². The van der Waals surface area contributed by atoms with E-state index in [0.717, 1.165) is 16.8 Å². The maximum Gasteiger partial charge on any atom is 0.0933 e. The Labute approximate surface area is 123 Å². The third-order valence-electron chi connectivity index (χ3n) is 3.66. The first kappa shape index (κ1) is 11.9. The molecule has 2 aromatic heterocycles. The molecule has 0 atom stereocenters. The lowest BCUT2D eigenvalue weighted by Gasteiger charge is -2.03. The molecule has 4 rings (SSSR count). The van der Waals surface area contributed by atoms with Crippen molar-refractivity contribution in [2.75, 3.05) is 0 Å². The molecule has 0 aliphatic rings. The second-order valence-electron chi connectivity index (χ2n) is 5.01. The highest BCUT2D eigenvalue weighted by molar-refractivity contribution is 5.82. The Morgan fingerprint density at radius 3 is 2.05 bits per heavy atom. The zero-order chi connectivity index (χ0) is 14.1. The van der Waals surface area contributed by atoms with Gasteiger partial charge in [0.1, 0.15) is 0 Å². The van der Waals surface area contributed by atoms with Crippen LogP contribution in [0, 0.1) is 0 Å². The molecule has 0 aliphatic heterocycles. The molecule has 0 aliphatic carbocycles. The first-order valence-corrected chi connectivity index (χ1v) is 7.01. The molecule has 100 valence electrons. The summed E-state index contributed by atoms with van der Waals surface area (Å²) in [7, 11) is 0. The Balaban J connectivity index is 1.93. The highest BCUT2D eigenvalue weighted by Gasteiger charge is 2.08. The molecule has 0 bridgehead atoms. The lowest BCUT2D eigenvalue weighted by Crippen LogP contribution is -1.88. The number of aromatic nitrogens is 2. The number of pyridine rings is 1. The molecule has 2 heterocycles. The molecule has 0 fully saturated rings. The van der Waals surface area contributed by atoms with Gasteiger partial charge < -0.3 is 0 Å². The summed E-state index contributed by atoms with van der Waals surface area (Å²) in [5, 5.41) is 4.69. The smallest absolute Gasteiger partial charge is 0.0933 e. The van der Waals surface area contributed by atoms with E-state index in [1.807, 2.05) is 41.0 Å². The maximum atomic E-state index is 4.69. The van der Waals surface area contributed by atoms with Crippen molar-refractivity contribution in [2.24, 2.45) is 0 Å². The number of fused-ring (bicyclic) bond motifs is 1. The number of rotatable bonds is 2. The molecule has 0 spiro atoms. The minimum absolute atomic E-state index is 0.999. The molecule has 0 amide bonds. The van der Waals surface area contributed by atoms with Gasteiger partial charge in [-0.3, -0.25) is 0 Å². The largest absolute Gasteiger partial charge is 0.240 e. The molecule has 21 heavy (non-hydrogen) atoms. The van der Waals surface area contributed by atoms with Crippen LogP contribution >= 0.6 is 0 Å². The van der Waals surface area contributed by atoms with Crippen molar-refractivity contribution < 1.29 is 0 Å². The minimum atomic E-state index is 0.999. The summed E-state index contributed by atoms with van der Waals surface area (Å²) in [5.74, 6) is 0. The van der Waals surface area contributed by atoms with Gasteiger partial charge in [-0.1, -0.05) is 66.7 Å². The van der Waals surface area contributed by atoms with Crippen LogP contribution in [0.2, 0.25) is 0 Å². The van der Waals surface area contributed by atoms with Gasteiger partial charge in [0.05, 0.1) is 11.2 Å². The molecule has 4 aromatic rings. The molecule has 2 nitrogen and oxygen atoms in total. The van der Waals surface area contributed by atoms with Crippen molar-refractivity contribution in [3.05, 3.63) is 85.1 Å². The molecule has 0 unspecified atom stereocenters. The van der Waals surface area contributed by atoms with Gasteiger partial charge in [0.25, 0.3) is 0 Å². The molecular formula is C19H14N2. The fourth-order valence-electron chi connectivity index (χ4n) is 2.63. The Bertz CT molecular complexity index is 877. The van der Waals surface area contributed by atoms with Gasteiger partial charge in [-0.05, 0) is 17.7 Å². The SMILES string of the molecule is c1ccc(-c2cc3c(-c4ccccc4)cccn3n2)cc1. The summed E-state index contributed by atoms with van der Waals surface area (Å²) in [6.07, 6.45) is 1.99. The first-order valence-electron chi connectivity index (χ1n) is 7.01. The van der Waals surface area contributed by atoms with Crippen molar-refractivity contribution >= 4 is 5.52 Å². The van der Waals surface area contributed by atoms with E-state index in [4.69, 9.17) is 0 Å². The van der Waals surface area contributed by atoms with E-state index < -0.39 is 0 Å². The molecular weight excluding hydrogens is 256 g/mol. The van der Waals surface area contributed by atoms with Crippen LogP contribution in [0.1, 0.15) is 0 Å². The Morgan fingerprint density at radius 2 is 1.33 bits per heavy atom. The minimum Gasteiger partial charge on any atom is -0.240 e. The van der Waals surface area contributed by atoms with Crippen molar-refractivity contribution in [3.8, 4) is 22.4 Å². The Morgan fingerprint density at radius 1 is 0.667 bits per heavy atom. The lowest BCUT2D eigenvalue weighted by molar-refractivity contribution is 0.967. The summed E-state index contributed by atoms with van der Waals surface area (Å²) >= 11 is 0. The van der Waals surface area contributed by atoms with Crippen molar-refractivity contribution in [3.63, 3.8) is 0 Å². The van der Waals surface area contributed by atoms with Crippen LogP contribution < -0.4 is 0 Å². The number of hydrogen-bond donors (Lipinski definition) is 0. The van der Waals surface area contributed by atoms with Crippen LogP contribution in [-0.4, -0.2) is 9.61 Å². The summed E-state index contributed by atoms with van der Waals surface area (Å²) in [4.78, 5) is 0. The van der Waals surface area contributed by atoms with E-state index in [-0.39, 0.29) is 0 Å². The lowest BCUT2D eigenvalue weighted by atomic mass is 10.1. The Hall–Kier alpha value is -2.87. The molecule has 0 saturated carbocycles. The second-order valence-corrected chi connectivity index (χ2v) is 5.01. The third kappa shape index (κ3) is 2.11. The van der Waals surface area contributed by atoms with Gasteiger partial charge >= 0.3 is 0 Å². The fraction of sp³-hybridized carbons (Fsp3) is 0. The topological polar surface area (TPSA) is 17.3 Å². The van der Waals surface area contributed by atoms with E-state index >= 15 is 0 Å². The normalized spacial score (nSPS) is 10.9. The molecule has 0 saturated heterocycles. The zero-order valence-electron chi connectivity index (χ0n) is 11.5. The van der Waals surface area contributed by atoms with Crippen molar-refractivity contribution in [1.82, 2.24) is 9.61 Å². The summed E-state index contributed by atoms with van der Waals surface area (Å²) in [6.45, 7) is 0. The number of benzene rings is 2. The van der Waals surface area contributed by atoms with E-state index in [9.17, 15) is 0 Å². The van der Waals surface area contributed by atoms with Crippen LogP contribution in [-0.2, 0) is 0 Å². The zero-order valence-corrected chi connectivity index (χ0v) is 11.5. The van der Waals surface area contributed by atoms with E-state index in [0.29, 0.717) is 0 Å². The summed E-state index contributed by atoms with van der Waals surface area (Å²) in [5.41, 5.74) is 5.68. The van der Waals surface area contributed by atoms with Gasteiger partial charge in [0, 0.05) is 17.3 Å². The van der Waals surface area contributed by atoms with Crippen molar-refractivity contribution in [2.45, 2.75) is 0 Å². The number of hydrogen-bond acceptors (Lipinski definition) is 1. The van der Waals surface area contributed by atoms with E-state index in [2.05, 4.69) is 53.6 Å². The predicted molar refractivity (Wildman–Crippen MR) is 86.1 cm³/mol. The summed E-state index contributed by atoms with van der Waals surface area (Å²) in [6, 6.07) is 27.0. The Kier molecular flexibility index (Phi) is 2.79. The van der Waals surface area contributed by atoms with Crippen molar-refractivity contribution in [1.29, 1.82) is 0 Å². The highest BCUT2D eigenvalue weighted by atomic mass is 15.2. The number of nitrogens with zero attached hydrogens (tertiary/aromatic N) is 2. The molecule has 0 radical (unpaired) electrons. The van der Waals surface area contributed by atoms with Crippen LogP contribution in [0.5, 0.6) is 0 Å². The summed E-state index contributed by atoms with van der Waals surface area (Å²) < 4.78 is 1.95. The average Bonchev–Trinajstić information content (AvgIpc) is 3.00. The standard InChI is InChI=1S/C19H14N2/c1-3-8-15(9-4-1)17-12-7-13-21-19(17)14-18(20-21)16-10-5-2-6-11-16/h1-14H. The average molecular weight is 270 g/mol. The third-order valence-corrected chi connectivity index (χ3v) is 3.66. The maximum absolute atomic E-state index is 4.69. The van der Waals surface area contributed by atoms with Crippen LogP contribution in [0.15, 0.2) is 85.1 Å². The highest BCUT2D eigenvalue weighted by Crippen LogP contribution is 2.27. The van der Waals surface area contributed by atoms with Gasteiger partial charge in [-0.25, -0.2) is 4.52 Å². The van der Waals surface area contributed by atoms with Gasteiger partial charge in [-0.2, -0.15) is 5.10 Å². The first-order chi connectivity index (χ1) is 10.4. The van der Waals surface area contributed by atoms with Crippen LogP contribution in [0.3, 0.4) is 0 Å². The fourth-order valence-corrected chi connectivity index (χ4v) is 2.63. The molecule has 2 heteroatoms. The van der Waals surface area contributed by atoms with Crippen LogP contribution in [0.25, 0.3) is 27.9 Å². The monoisotopic (exact) mass is 270 g/mol. The van der Waals surface area contributed by atoms with Crippen LogP contribution in [0.4, 0.5) is 0 Å². The predicted octanol–water partition coefficient (Wildman–Crippen LogP) is 4.67. The molecule has 0 N–H and O–H groups in total.